The maximum Gasteiger partial charge on any atom is 0.129 e. The molecule has 0 aliphatic heterocycles. The van der Waals surface area contributed by atoms with Crippen LogP contribution in [0, 0.1) is 0 Å². The van der Waals surface area contributed by atoms with E-state index in [9.17, 15) is 0 Å². The van der Waals surface area contributed by atoms with Gasteiger partial charge in [-0.2, -0.15) is 0 Å². The summed E-state index contributed by atoms with van der Waals surface area (Å²) in [4.78, 5) is 0. The largest absolute Gasteiger partial charge is 0.489 e. The fraction of sp³-hybridized carbons (Fsp3) is 0.250. The van der Waals surface area contributed by atoms with E-state index in [1.54, 1.807) is 6.08 Å². The average Bonchev–Trinajstić information content (AvgIpc) is 2.46. The zero-order valence-corrected chi connectivity index (χ0v) is 11.0. The topological polar surface area (TPSA) is 46.1 Å². The van der Waals surface area contributed by atoms with Gasteiger partial charge in [0.1, 0.15) is 18.9 Å². The molecule has 3 N–H and O–H groups in total. The van der Waals surface area contributed by atoms with Crippen molar-refractivity contribution in [1.29, 1.82) is 0 Å². The molecule has 19 heavy (non-hydrogen) atoms. The van der Waals surface area contributed by atoms with Gasteiger partial charge in [-0.15, -0.1) is 0 Å². The monoisotopic (exact) mass is 258 g/mol. The Morgan fingerprint density at radius 1 is 1.21 bits per heavy atom. The number of quaternary nitrogens is 1. The smallest absolute Gasteiger partial charge is 0.129 e. The molecule has 0 unspecified atom stereocenters. The first-order chi connectivity index (χ1) is 9.36. The van der Waals surface area contributed by atoms with Crippen LogP contribution in [0.2, 0.25) is 0 Å². The molecule has 3 heteroatoms. The highest BCUT2D eigenvalue weighted by molar-refractivity contribution is 5.87. The summed E-state index contributed by atoms with van der Waals surface area (Å²) in [7, 11) is 0. The maximum absolute atomic E-state index is 8.89. The third-order valence-electron chi connectivity index (χ3n) is 3.04. The zero-order chi connectivity index (χ0) is 13.5. The van der Waals surface area contributed by atoms with E-state index in [1.165, 1.54) is 16.3 Å². The molecule has 2 rings (SSSR count). The van der Waals surface area contributed by atoms with Crippen LogP contribution in [0.4, 0.5) is 0 Å². The highest BCUT2D eigenvalue weighted by atomic mass is 16.5. The third-order valence-corrected chi connectivity index (χ3v) is 3.04. The number of hydrogen-bond donors (Lipinski definition) is 2. The summed E-state index contributed by atoms with van der Waals surface area (Å²) >= 11 is 0. The van der Waals surface area contributed by atoms with E-state index >= 15 is 0 Å². The molecular formula is C16H20NO2+. The summed E-state index contributed by atoms with van der Waals surface area (Å²) in [5.41, 5.74) is 1.17. The van der Waals surface area contributed by atoms with E-state index in [0.29, 0.717) is 13.2 Å². The minimum atomic E-state index is 0.188. The van der Waals surface area contributed by atoms with Gasteiger partial charge in [0.05, 0.1) is 18.7 Å². The second kappa shape index (κ2) is 6.92. The van der Waals surface area contributed by atoms with E-state index in [2.05, 4.69) is 30.1 Å². The molecule has 0 amide bonds. The van der Waals surface area contributed by atoms with Gasteiger partial charge in [-0.1, -0.05) is 43.0 Å². The summed E-state index contributed by atoms with van der Waals surface area (Å²) in [6.45, 7) is 5.87. The average molecular weight is 258 g/mol. The fourth-order valence-electron chi connectivity index (χ4n) is 2.15. The maximum atomic E-state index is 8.89. The molecular weight excluding hydrogens is 238 g/mol. The Labute approximate surface area is 113 Å². The van der Waals surface area contributed by atoms with Crippen molar-refractivity contribution in [3.05, 3.63) is 54.6 Å². The number of aliphatic hydroxyl groups is 1. The predicted octanol–water partition coefficient (Wildman–Crippen LogP) is 1.46. The van der Waals surface area contributed by atoms with Gasteiger partial charge in [0.2, 0.25) is 0 Å². The molecule has 0 heterocycles. The quantitative estimate of drug-likeness (QED) is 0.583. The molecule has 0 radical (unpaired) electrons. The van der Waals surface area contributed by atoms with Crippen LogP contribution in [-0.2, 0) is 6.54 Å². The molecule has 0 aliphatic carbocycles. The van der Waals surface area contributed by atoms with E-state index in [4.69, 9.17) is 9.84 Å². The molecule has 0 saturated carbocycles. The highest BCUT2D eigenvalue weighted by Gasteiger charge is 2.10. The molecule has 2 aromatic rings. The van der Waals surface area contributed by atoms with Gasteiger partial charge in [-0.05, 0) is 16.8 Å². The van der Waals surface area contributed by atoms with E-state index in [-0.39, 0.29) is 6.61 Å². The predicted molar refractivity (Wildman–Crippen MR) is 77.2 cm³/mol. The number of rotatable bonds is 7. The van der Waals surface area contributed by atoms with Gasteiger partial charge in [0.25, 0.3) is 0 Å². The summed E-state index contributed by atoms with van der Waals surface area (Å²) in [5.74, 6) is 0.896. The Morgan fingerprint density at radius 2 is 2.05 bits per heavy atom. The molecule has 0 aliphatic rings. The Bertz CT molecular complexity index is 551. The molecule has 0 fully saturated rings. The van der Waals surface area contributed by atoms with Gasteiger partial charge in [-0.3, -0.25) is 0 Å². The molecule has 0 saturated heterocycles. The van der Waals surface area contributed by atoms with Crippen LogP contribution >= 0.6 is 0 Å². The second-order valence-electron chi connectivity index (χ2n) is 4.37. The molecule has 2 aromatic carbocycles. The van der Waals surface area contributed by atoms with Gasteiger partial charge < -0.3 is 15.2 Å². The van der Waals surface area contributed by atoms with Crippen LogP contribution in [0.15, 0.2) is 49.1 Å². The first-order valence-electron chi connectivity index (χ1n) is 6.53. The van der Waals surface area contributed by atoms with E-state index in [0.717, 1.165) is 12.3 Å². The standard InChI is InChI=1S/C16H19NO2/c1-2-11-19-16-8-7-13-5-3-4-6-14(13)15(16)12-17-9-10-18/h2-8,17-18H,1,9-12H2/p+1. The van der Waals surface area contributed by atoms with Crippen molar-refractivity contribution in [3.63, 3.8) is 0 Å². The lowest BCUT2D eigenvalue weighted by molar-refractivity contribution is -0.671. The Hall–Kier alpha value is -1.84. The lowest BCUT2D eigenvalue weighted by Gasteiger charge is -2.12. The zero-order valence-electron chi connectivity index (χ0n) is 11.0. The number of hydrogen-bond acceptors (Lipinski definition) is 2. The molecule has 3 nitrogen and oxygen atoms in total. The van der Waals surface area contributed by atoms with Crippen LogP contribution in [0.1, 0.15) is 5.56 Å². The SMILES string of the molecule is C=CCOc1ccc2ccccc2c1C[NH2+]CCO. The number of benzene rings is 2. The first-order valence-corrected chi connectivity index (χ1v) is 6.53. The van der Waals surface area contributed by atoms with Crippen molar-refractivity contribution in [2.24, 2.45) is 0 Å². The number of ether oxygens (including phenoxy) is 1. The summed E-state index contributed by atoms with van der Waals surface area (Å²) < 4.78 is 5.72. The second-order valence-corrected chi connectivity index (χ2v) is 4.37. The highest BCUT2D eigenvalue weighted by Crippen LogP contribution is 2.27. The minimum absolute atomic E-state index is 0.188. The Balaban J connectivity index is 2.35. The van der Waals surface area contributed by atoms with E-state index < -0.39 is 0 Å². The number of aliphatic hydroxyl groups excluding tert-OH is 1. The minimum Gasteiger partial charge on any atom is -0.489 e. The van der Waals surface area contributed by atoms with Crippen molar-refractivity contribution in [1.82, 2.24) is 0 Å². The molecule has 0 spiro atoms. The Kier molecular flexibility index (Phi) is 4.95. The van der Waals surface area contributed by atoms with Crippen LogP contribution in [0.25, 0.3) is 10.8 Å². The van der Waals surface area contributed by atoms with Gasteiger partial charge in [0, 0.05) is 0 Å². The third kappa shape index (κ3) is 3.34. The summed E-state index contributed by atoms with van der Waals surface area (Å²) in [5, 5.41) is 13.4. The number of fused-ring (bicyclic) bond motifs is 1. The van der Waals surface area contributed by atoms with Gasteiger partial charge in [-0.25, -0.2) is 0 Å². The van der Waals surface area contributed by atoms with E-state index in [1.807, 2.05) is 18.2 Å². The van der Waals surface area contributed by atoms with Crippen molar-refractivity contribution in [2.75, 3.05) is 19.8 Å². The van der Waals surface area contributed by atoms with Crippen molar-refractivity contribution in [2.45, 2.75) is 6.54 Å². The fourth-order valence-corrected chi connectivity index (χ4v) is 2.15. The van der Waals surface area contributed by atoms with Crippen molar-refractivity contribution in [3.8, 4) is 5.75 Å². The van der Waals surface area contributed by atoms with Crippen LogP contribution < -0.4 is 10.1 Å². The lowest BCUT2D eigenvalue weighted by Crippen LogP contribution is -2.83. The lowest BCUT2D eigenvalue weighted by atomic mass is 10.0. The van der Waals surface area contributed by atoms with Crippen molar-refractivity contribution >= 4 is 10.8 Å². The van der Waals surface area contributed by atoms with Gasteiger partial charge in [0.15, 0.2) is 0 Å². The van der Waals surface area contributed by atoms with Crippen LogP contribution in [0.5, 0.6) is 5.75 Å². The van der Waals surface area contributed by atoms with Crippen molar-refractivity contribution < 1.29 is 15.2 Å². The number of nitrogens with two attached hydrogens (primary N) is 1. The molecule has 0 atom stereocenters. The summed E-state index contributed by atoms with van der Waals surface area (Å²) in [6.07, 6.45) is 1.75. The summed E-state index contributed by atoms with van der Waals surface area (Å²) in [6, 6.07) is 12.4. The normalized spacial score (nSPS) is 10.6. The van der Waals surface area contributed by atoms with Crippen LogP contribution in [0.3, 0.4) is 0 Å². The van der Waals surface area contributed by atoms with Gasteiger partial charge >= 0.3 is 0 Å². The van der Waals surface area contributed by atoms with Crippen LogP contribution in [-0.4, -0.2) is 24.9 Å². The molecule has 0 bridgehead atoms. The molecule has 100 valence electrons. The molecule has 0 aromatic heterocycles. The first kappa shape index (κ1) is 13.6. The Morgan fingerprint density at radius 3 is 2.84 bits per heavy atom.